The van der Waals surface area contributed by atoms with Crippen molar-refractivity contribution in [3.63, 3.8) is 0 Å². The van der Waals surface area contributed by atoms with Crippen molar-refractivity contribution in [3.05, 3.63) is 112 Å². The molecule has 0 saturated heterocycles. The second-order valence-corrected chi connectivity index (χ2v) is 16.1. The van der Waals surface area contributed by atoms with Crippen LogP contribution in [0.3, 0.4) is 0 Å². The number of aromatic nitrogens is 10. The highest BCUT2D eigenvalue weighted by atomic mass is 35.5. The van der Waals surface area contributed by atoms with Crippen LogP contribution in [-0.2, 0) is 18.8 Å². The van der Waals surface area contributed by atoms with Crippen LogP contribution in [-0.4, -0.2) is 107 Å². The van der Waals surface area contributed by atoms with Crippen molar-refractivity contribution in [3.8, 4) is 28.6 Å². The van der Waals surface area contributed by atoms with Gasteiger partial charge in [0.1, 0.15) is 23.1 Å². The minimum absolute atomic E-state index is 0.0397. The van der Waals surface area contributed by atoms with Gasteiger partial charge in [-0.3, -0.25) is 19.6 Å². The van der Waals surface area contributed by atoms with Crippen LogP contribution in [0.4, 0.5) is 20.3 Å². The third kappa shape index (κ3) is 7.84. The molecular formula is C46H41ClF2N12O4. The van der Waals surface area contributed by atoms with E-state index in [0.717, 1.165) is 5.39 Å². The maximum absolute atomic E-state index is 16.8. The molecule has 19 heteroatoms. The van der Waals surface area contributed by atoms with E-state index in [-0.39, 0.29) is 36.4 Å². The molecule has 0 spiro atoms. The van der Waals surface area contributed by atoms with Gasteiger partial charge in [0, 0.05) is 74.4 Å². The van der Waals surface area contributed by atoms with Crippen LogP contribution in [0.1, 0.15) is 45.1 Å². The number of benzene rings is 2. The van der Waals surface area contributed by atoms with Gasteiger partial charge in [0.05, 0.1) is 83.2 Å². The largest absolute Gasteiger partial charge is 0.493 e. The van der Waals surface area contributed by atoms with E-state index in [1.165, 1.54) is 22.9 Å². The fourth-order valence-electron chi connectivity index (χ4n) is 8.06. The van der Waals surface area contributed by atoms with E-state index < -0.39 is 11.6 Å². The summed E-state index contributed by atoms with van der Waals surface area (Å²) in [5.41, 5.74) is 5.97. The second-order valence-electron chi connectivity index (χ2n) is 15.7. The van der Waals surface area contributed by atoms with Crippen molar-refractivity contribution in [1.29, 1.82) is 0 Å². The quantitative estimate of drug-likeness (QED) is 0.180. The number of rotatable bonds is 2. The average Bonchev–Trinajstić information content (AvgIpc) is 4.07. The number of H-pyrrole nitrogens is 1. The number of aromatic amines is 1. The number of anilines is 2. The molecule has 0 saturated carbocycles. The molecule has 65 heavy (non-hydrogen) atoms. The molecule has 16 nitrogen and oxygen atoms in total. The normalized spacial score (nSPS) is 15.4. The molecule has 8 heterocycles. The van der Waals surface area contributed by atoms with Crippen molar-refractivity contribution in [1.82, 2.24) is 54.4 Å². The van der Waals surface area contributed by atoms with E-state index in [1.54, 1.807) is 84.4 Å². The van der Waals surface area contributed by atoms with Crippen LogP contribution in [0.2, 0.25) is 5.02 Å². The molecule has 1 amide bonds. The van der Waals surface area contributed by atoms with Crippen LogP contribution >= 0.6 is 11.6 Å². The standard InChI is InChI=1S/C46H41ClF2N12O4/c1-26-44-32-21-37(52-26)33-23-51-59(4)46(33)65-15-5-14-64-40-11-8-29(48)18-27(40)6-10-36(32)55-61(44)39-20-30(19-34(47)42(39)49)60-13-17-63-16-12-57(2)45(62)43-28(25-58(3)56-43)7-9-35-31-22-41(60)50-24-38(31)54-53-35/h6-11,18-25H,5,12-17H2,1-4H3,(H,53,54)/b9-7+,10-6?. The Morgan fingerprint density at radius 3 is 2.54 bits per heavy atom. The lowest BCUT2D eigenvalue weighted by Gasteiger charge is -2.25. The van der Waals surface area contributed by atoms with Gasteiger partial charge in [-0.2, -0.15) is 20.4 Å². The molecule has 2 aliphatic heterocycles. The zero-order valence-electron chi connectivity index (χ0n) is 35.7. The van der Waals surface area contributed by atoms with Gasteiger partial charge in [-0.25, -0.2) is 23.1 Å². The number of pyridine rings is 2. The summed E-state index contributed by atoms with van der Waals surface area (Å²) >= 11 is 6.82. The van der Waals surface area contributed by atoms with Gasteiger partial charge < -0.3 is 24.0 Å². The lowest BCUT2D eigenvalue weighted by atomic mass is 10.1. The van der Waals surface area contributed by atoms with Gasteiger partial charge in [0.15, 0.2) is 11.5 Å². The number of aryl methyl sites for hydroxylation is 3. The van der Waals surface area contributed by atoms with Gasteiger partial charge in [-0.05, 0) is 73.7 Å². The number of hydrogen-bond acceptors (Lipinski definition) is 11. The molecule has 0 atom stereocenters. The number of amides is 1. The Morgan fingerprint density at radius 2 is 1.66 bits per heavy atom. The number of likely N-dealkylation sites (N-methyl/N-ethyl adjacent to an activating group) is 1. The minimum Gasteiger partial charge on any atom is -0.493 e. The first-order valence-electron chi connectivity index (χ1n) is 20.8. The Bertz CT molecular complexity index is 3230. The number of fused-ring (bicyclic) bond motifs is 6. The number of nitrogens with one attached hydrogen (secondary N) is 1. The van der Waals surface area contributed by atoms with E-state index in [9.17, 15) is 9.18 Å². The van der Waals surface area contributed by atoms with E-state index in [1.807, 2.05) is 30.0 Å². The summed E-state index contributed by atoms with van der Waals surface area (Å²) in [6.45, 7) is 3.48. The fraction of sp³-hybridized carbons (Fsp3) is 0.239. The molecule has 2 aromatic carbocycles. The first-order valence-corrected chi connectivity index (χ1v) is 21.2. The molecule has 0 aliphatic carbocycles. The predicted octanol–water partition coefficient (Wildman–Crippen LogP) is 7.81. The highest BCUT2D eigenvalue weighted by Crippen LogP contribution is 2.38. The summed E-state index contributed by atoms with van der Waals surface area (Å²) in [4.78, 5) is 26.7. The Kier molecular flexibility index (Phi) is 10.8. The molecule has 0 unspecified atom stereocenters. The van der Waals surface area contributed by atoms with Crippen molar-refractivity contribution < 1.29 is 27.8 Å². The SMILES string of the molecule is Cc1nc2cc3c(nn(-c4cc(N5CCOCCN(C)C(=O)c6nn(C)cc6/C=C/c6n[nH]c7cnc5cc67)cc(Cl)c4F)c13)C=Cc1cc(F)ccc1OCCCOc1c-2cnn1C. The minimum atomic E-state index is -0.719. The van der Waals surface area contributed by atoms with Gasteiger partial charge in [0.2, 0.25) is 5.88 Å². The summed E-state index contributed by atoms with van der Waals surface area (Å²) in [7, 11) is 5.25. The number of nitrogens with zero attached hydrogens (tertiary/aromatic N) is 11. The van der Waals surface area contributed by atoms with Crippen LogP contribution in [0.15, 0.2) is 61.1 Å². The Balaban J connectivity index is 1.12. The molecular weight excluding hydrogens is 858 g/mol. The maximum Gasteiger partial charge on any atom is 0.274 e. The van der Waals surface area contributed by atoms with Crippen molar-refractivity contribution >= 4 is 75.1 Å². The Hall–Kier alpha value is -7.44. The third-order valence-electron chi connectivity index (χ3n) is 11.3. The van der Waals surface area contributed by atoms with E-state index in [4.69, 9.17) is 40.9 Å². The monoisotopic (exact) mass is 898 g/mol. The predicted molar refractivity (Wildman–Crippen MR) is 243 cm³/mol. The van der Waals surface area contributed by atoms with Crippen molar-refractivity contribution in [2.45, 2.75) is 13.3 Å². The Labute approximate surface area is 375 Å². The smallest absolute Gasteiger partial charge is 0.274 e. The highest BCUT2D eigenvalue weighted by Gasteiger charge is 2.25. The zero-order chi connectivity index (χ0) is 44.9. The number of hydrogen-bond donors (Lipinski definition) is 1. The maximum atomic E-state index is 16.8. The molecule has 1 N–H and O–H groups in total. The summed E-state index contributed by atoms with van der Waals surface area (Å²) in [5, 5.41) is 22.7. The average molecular weight is 899 g/mol. The number of ether oxygens (including phenoxy) is 3. The first-order chi connectivity index (χ1) is 31.5. The summed E-state index contributed by atoms with van der Waals surface area (Å²) in [5.74, 6) is 0.112. The molecule has 2 aliphatic rings. The van der Waals surface area contributed by atoms with Crippen LogP contribution in [0.25, 0.3) is 63.1 Å². The topological polar surface area (TPSA) is 159 Å². The molecule has 330 valence electrons. The van der Waals surface area contributed by atoms with Gasteiger partial charge >= 0.3 is 0 Å². The van der Waals surface area contributed by atoms with Gasteiger partial charge in [0.25, 0.3) is 5.91 Å². The number of halogens is 3. The van der Waals surface area contributed by atoms with E-state index in [0.29, 0.717) is 111 Å². The lowest BCUT2D eigenvalue weighted by Crippen LogP contribution is -2.32. The molecule has 0 fully saturated rings. The van der Waals surface area contributed by atoms with Crippen molar-refractivity contribution in [2.75, 3.05) is 51.5 Å². The Morgan fingerprint density at radius 1 is 0.846 bits per heavy atom. The molecule has 4 bridgehead atoms. The van der Waals surface area contributed by atoms with E-state index in [2.05, 4.69) is 20.4 Å². The first kappa shape index (κ1) is 41.6. The van der Waals surface area contributed by atoms with Crippen LogP contribution in [0.5, 0.6) is 11.6 Å². The molecule has 8 aromatic rings. The van der Waals surface area contributed by atoms with Crippen LogP contribution in [0, 0.1) is 18.6 Å². The highest BCUT2D eigenvalue weighted by molar-refractivity contribution is 6.31. The summed E-state index contributed by atoms with van der Waals surface area (Å²) in [6, 6.07) is 11.2. The van der Waals surface area contributed by atoms with E-state index >= 15 is 4.39 Å². The summed E-state index contributed by atoms with van der Waals surface area (Å²) in [6.07, 6.45) is 12.8. The van der Waals surface area contributed by atoms with Gasteiger partial charge in [-0.15, -0.1) is 0 Å². The molecule has 0 radical (unpaired) electrons. The van der Waals surface area contributed by atoms with Gasteiger partial charge in [-0.1, -0.05) is 11.6 Å². The summed E-state index contributed by atoms with van der Waals surface area (Å²) < 4.78 is 54.6. The molecule has 6 aromatic heterocycles. The van der Waals surface area contributed by atoms with Crippen molar-refractivity contribution in [2.24, 2.45) is 14.1 Å². The molecule has 10 rings (SSSR count). The zero-order valence-corrected chi connectivity index (χ0v) is 36.5. The third-order valence-corrected chi connectivity index (χ3v) is 11.6. The van der Waals surface area contributed by atoms with Crippen LogP contribution < -0.4 is 14.4 Å². The number of carbonyl (C=O) groups is 1. The second kappa shape index (κ2) is 16.9. The number of carbonyl (C=O) groups excluding carboxylic acids is 1. The fourth-order valence-corrected chi connectivity index (χ4v) is 8.27. The lowest BCUT2D eigenvalue weighted by molar-refractivity contribution is 0.0698.